The predicted octanol–water partition coefficient (Wildman–Crippen LogP) is 3.86. The molecule has 2 amide bonds. The van der Waals surface area contributed by atoms with Crippen LogP contribution >= 0.6 is 0 Å². The van der Waals surface area contributed by atoms with Gasteiger partial charge in [0.2, 0.25) is 11.8 Å². The number of likely N-dealkylation sites (tertiary alicyclic amines) is 1. The maximum Gasteiger partial charge on any atom is 0.245 e. The summed E-state index contributed by atoms with van der Waals surface area (Å²) in [5, 5.41) is 3.28. The Labute approximate surface area is 180 Å². The number of carbonyl (C=O) groups is 2. The second-order valence-electron chi connectivity index (χ2n) is 8.77. The fourth-order valence-corrected chi connectivity index (χ4v) is 4.72. The van der Waals surface area contributed by atoms with Crippen LogP contribution in [0.15, 0.2) is 18.2 Å². The summed E-state index contributed by atoms with van der Waals surface area (Å²) in [6, 6.07) is 6.03. The minimum absolute atomic E-state index is 0.00577. The highest BCUT2D eigenvalue weighted by atomic mass is 16.5. The third kappa shape index (κ3) is 5.08. The molecule has 0 unspecified atom stereocenters. The van der Waals surface area contributed by atoms with E-state index in [-0.39, 0.29) is 17.9 Å². The molecule has 0 spiro atoms. The van der Waals surface area contributed by atoms with Gasteiger partial charge in [0.05, 0.1) is 14.2 Å². The van der Waals surface area contributed by atoms with Crippen LogP contribution in [0.2, 0.25) is 0 Å². The molecule has 30 heavy (non-hydrogen) atoms. The zero-order valence-electron chi connectivity index (χ0n) is 18.7. The van der Waals surface area contributed by atoms with Gasteiger partial charge in [-0.05, 0) is 50.3 Å². The Morgan fingerprint density at radius 2 is 1.77 bits per heavy atom. The van der Waals surface area contributed by atoms with E-state index >= 15 is 0 Å². The third-order valence-electron chi connectivity index (χ3n) is 6.72. The van der Waals surface area contributed by atoms with Crippen molar-refractivity contribution in [1.29, 1.82) is 0 Å². The molecule has 3 rings (SSSR count). The summed E-state index contributed by atoms with van der Waals surface area (Å²) in [6.07, 6.45) is 9.90. The Balaban J connectivity index is 1.65. The first-order valence-electron chi connectivity index (χ1n) is 11.3. The van der Waals surface area contributed by atoms with Crippen molar-refractivity contribution in [3.8, 4) is 11.5 Å². The van der Waals surface area contributed by atoms with Gasteiger partial charge in [-0.25, -0.2) is 0 Å². The molecule has 166 valence electrons. The van der Waals surface area contributed by atoms with E-state index in [0.29, 0.717) is 37.3 Å². The van der Waals surface area contributed by atoms with Gasteiger partial charge in [-0.2, -0.15) is 0 Å². The highest BCUT2D eigenvalue weighted by Crippen LogP contribution is 2.32. The third-order valence-corrected chi connectivity index (χ3v) is 6.72. The van der Waals surface area contributed by atoms with E-state index in [4.69, 9.17) is 9.47 Å². The molecule has 1 aromatic rings. The fourth-order valence-electron chi connectivity index (χ4n) is 4.72. The first-order valence-corrected chi connectivity index (χ1v) is 11.3. The van der Waals surface area contributed by atoms with Gasteiger partial charge in [0.1, 0.15) is 5.54 Å². The molecule has 1 heterocycles. The molecule has 2 fully saturated rings. The lowest BCUT2D eigenvalue weighted by Crippen LogP contribution is -2.56. The molecule has 6 nitrogen and oxygen atoms in total. The summed E-state index contributed by atoms with van der Waals surface area (Å²) in [4.78, 5) is 27.7. The van der Waals surface area contributed by atoms with Crippen molar-refractivity contribution in [3.63, 3.8) is 0 Å². The number of amides is 2. The first kappa shape index (κ1) is 22.4. The van der Waals surface area contributed by atoms with Crippen molar-refractivity contribution in [2.45, 2.75) is 82.7 Å². The van der Waals surface area contributed by atoms with E-state index in [1.807, 2.05) is 25.1 Å². The molecule has 2 aliphatic rings. The molecule has 0 aromatic heterocycles. The number of nitrogens with one attached hydrogen (secondary N) is 1. The Morgan fingerprint density at radius 1 is 1.10 bits per heavy atom. The number of carbonyl (C=O) groups excluding carboxylic acids is 2. The molecule has 1 saturated carbocycles. The van der Waals surface area contributed by atoms with Crippen LogP contribution in [0, 0.1) is 0 Å². The molecule has 1 saturated heterocycles. The zero-order chi connectivity index (χ0) is 21.6. The minimum atomic E-state index is -0.768. The molecule has 1 N–H and O–H groups in total. The second kappa shape index (κ2) is 10.2. The molecule has 1 aromatic carbocycles. The molecule has 1 atom stereocenters. The SMILES string of the molecule is COc1ccc(CCN2C(=O)CC[C@]2(C)C(=O)NC2CCCCCCC2)cc1OC. The smallest absolute Gasteiger partial charge is 0.245 e. The molecular weight excluding hydrogens is 380 g/mol. The standard InChI is InChI=1S/C24H36N2O4/c1-24(23(28)25-19-9-7-5-4-6-8-10-19)15-13-22(27)26(24)16-14-18-11-12-20(29-2)21(17-18)30-3/h11-12,17,19H,4-10,13-16H2,1-3H3,(H,25,28)/t24-/m1/s1. The number of ether oxygens (including phenoxy) is 2. The van der Waals surface area contributed by atoms with Crippen molar-refractivity contribution in [2.24, 2.45) is 0 Å². The van der Waals surface area contributed by atoms with E-state index in [2.05, 4.69) is 5.32 Å². The lowest BCUT2D eigenvalue weighted by Gasteiger charge is -2.35. The van der Waals surface area contributed by atoms with Crippen LogP contribution in [-0.4, -0.2) is 49.1 Å². The van der Waals surface area contributed by atoms with Crippen LogP contribution in [0.5, 0.6) is 11.5 Å². The Hall–Kier alpha value is -2.24. The van der Waals surface area contributed by atoms with Gasteiger partial charge < -0.3 is 19.7 Å². The molecule has 0 bridgehead atoms. The van der Waals surface area contributed by atoms with Gasteiger partial charge >= 0.3 is 0 Å². The summed E-state index contributed by atoms with van der Waals surface area (Å²) >= 11 is 0. The van der Waals surface area contributed by atoms with E-state index in [0.717, 1.165) is 18.4 Å². The highest BCUT2D eigenvalue weighted by molar-refractivity contribution is 5.94. The maximum absolute atomic E-state index is 13.2. The summed E-state index contributed by atoms with van der Waals surface area (Å²) in [7, 11) is 3.23. The Morgan fingerprint density at radius 3 is 2.43 bits per heavy atom. The van der Waals surface area contributed by atoms with Crippen LogP contribution in [0.1, 0.15) is 70.3 Å². The average Bonchev–Trinajstić information content (AvgIpc) is 3.03. The van der Waals surface area contributed by atoms with Crippen LogP contribution in [0.25, 0.3) is 0 Å². The van der Waals surface area contributed by atoms with Crippen LogP contribution < -0.4 is 14.8 Å². The van der Waals surface area contributed by atoms with Crippen LogP contribution in [0.3, 0.4) is 0 Å². The number of rotatable bonds is 7. The summed E-state index contributed by atoms with van der Waals surface area (Å²) in [5.41, 5.74) is 0.283. The molecule has 0 radical (unpaired) electrons. The maximum atomic E-state index is 13.2. The average molecular weight is 417 g/mol. The topological polar surface area (TPSA) is 67.9 Å². The number of hydrogen-bond donors (Lipinski definition) is 1. The van der Waals surface area contributed by atoms with Crippen LogP contribution in [-0.2, 0) is 16.0 Å². The number of methoxy groups -OCH3 is 2. The zero-order valence-corrected chi connectivity index (χ0v) is 18.7. The second-order valence-corrected chi connectivity index (χ2v) is 8.77. The van der Waals surface area contributed by atoms with E-state index in [1.54, 1.807) is 19.1 Å². The van der Waals surface area contributed by atoms with Gasteiger partial charge in [-0.3, -0.25) is 9.59 Å². The molecule has 6 heteroatoms. The van der Waals surface area contributed by atoms with Gasteiger partial charge in [-0.1, -0.05) is 38.2 Å². The largest absolute Gasteiger partial charge is 0.493 e. The first-order chi connectivity index (χ1) is 14.5. The van der Waals surface area contributed by atoms with Crippen LogP contribution in [0.4, 0.5) is 0 Å². The molecule has 1 aliphatic heterocycles. The Kier molecular flexibility index (Phi) is 7.62. The van der Waals surface area contributed by atoms with E-state index in [1.165, 1.54) is 32.1 Å². The predicted molar refractivity (Wildman–Crippen MR) is 117 cm³/mol. The van der Waals surface area contributed by atoms with Crippen molar-refractivity contribution in [2.75, 3.05) is 20.8 Å². The highest BCUT2D eigenvalue weighted by Gasteiger charge is 2.47. The van der Waals surface area contributed by atoms with E-state index < -0.39 is 5.54 Å². The van der Waals surface area contributed by atoms with Gasteiger partial charge in [0, 0.05) is 19.0 Å². The van der Waals surface area contributed by atoms with Gasteiger partial charge in [0.15, 0.2) is 11.5 Å². The lowest BCUT2D eigenvalue weighted by molar-refractivity contribution is -0.141. The normalized spacial score (nSPS) is 23.0. The number of nitrogens with zero attached hydrogens (tertiary/aromatic N) is 1. The van der Waals surface area contributed by atoms with Gasteiger partial charge in [-0.15, -0.1) is 0 Å². The van der Waals surface area contributed by atoms with Crippen molar-refractivity contribution in [3.05, 3.63) is 23.8 Å². The van der Waals surface area contributed by atoms with Crippen molar-refractivity contribution in [1.82, 2.24) is 10.2 Å². The number of benzene rings is 1. The lowest BCUT2D eigenvalue weighted by atomic mass is 9.93. The minimum Gasteiger partial charge on any atom is -0.493 e. The molecular formula is C24H36N2O4. The van der Waals surface area contributed by atoms with Gasteiger partial charge in [0.25, 0.3) is 0 Å². The quantitative estimate of drug-likeness (QED) is 0.733. The van der Waals surface area contributed by atoms with Crippen molar-refractivity contribution < 1.29 is 19.1 Å². The van der Waals surface area contributed by atoms with Crippen molar-refractivity contribution >= 4 is 11.8 Å². The van der Waals surface area contributed by atoms with E-state index in [9.17, 15) is 9.59 Å². The fraction of sp³-hybridized carbons (Fsp3) is 0.667. The monoisotopic (exact) mass is 416 g/mol. The number of hydrogen-bond acceptors (Lipinski definition) is 4. The summed E-state index contributed by atoms with van der Waals surface area (Å²) < 4.78 is 10.7. The summed E-state index contributed by atoms with van der Waals surface area (Å²) in [5.74, 6) is 1.42. The Bertz CT molecular complexity index is 743. The molecule has 1 aliphatic carbocycles. The summed E-state index contributed by atoms with van der Waals surface area (Å²) in [6.45, 7) is 2.44.